The first kappa shape index (κ1) is 12.9. The third kappa shape index (κ3) is 4.06. The molecule has 1 N–H and O–H groups in total. The van der Waals surface area contributed by atoms with E-state index in [0.29, 0.717) is 0 Å². The molecule has 0 spiro atoms. The number of rotatable bonds is 5. The van der Waals surface area contributed by atoms with Crippen LogP contribution in [0.15, 0.2) is 35.3 Å². The standard InChI is InChI=1S/C15H23N3/c1-16-15(17-11-10-13-8-9-13)18(2)12-14-6-4-3-5-7-14/h3-7,13H,8-12H2,1-2H3,(H,16,17). The molecule has 1 fully saturated rings. The molecule has 0 amide bonds. The SMILES string of the molecule is CN=C(NCCC1CC1)N(C)Cc1ccccc1. The van der Waals surface area contributed by atoms with Crippen LogP contribution < -0.4 is 5.32 Å². The molecule has 0 aromatic heterocycles. The van der Waals surface area contributed by atoms with Crippen molar-refractivity contribution in [2.24, 2.45) is 10.9 Å². The molecular formula is C15H23N3. The summed E-state index contributed by atoms with van der Waals surface area (Å²) in [6.45, 7) is 1.93. The maximum Gasteiger partial charge on any atom is 0.193 e. The highest BCUT2D eigenvalue weighted by molar-refractivity contribution is 5.79. The Hall–Kier alpha value is -1.51. The molecule has 1 saturated carbocycles. The van der Waals surface area contributed by atoms with Crippen LogP contribution in [0, 0.1) is 5.92 Å². The van der Waals surface area contributed by atoms with Gasteiger partial charge in [-0.05, 0) is 17.9 Å². The number of guanidine groups is 1. The van der Waals surface area contributed by atoms with Crippen LogP contribution in [0.5, 0.6) is 0 Å². The number of hydrogen-bond acceptors (Lipinski definition) is 1. The van der Waals surface area contributed by atoms with Crippen molar-refractivity contribution in [2.75, 3.05) is 20.6 Å². The minimum absolute atomic E-state index is 0.893. The zero-order chi connectivity index (χ0) is 12.8. The number of nitrogens with one attached hydrogen (secondary N) is 1. The lowest BCUT2D eigenvalue weighted by atomic mass is 10.2. The van der Waals surface area contributed by atoms with Crippen molar-refractivity contribution in [1.82, 2.24) is 10.2 Å². The van der Waals surface area contributed by atoms with Crippen molar-refractivity contribution < 1.29 is 0 Å². The van der Waals surface area contributed by atoms with Gasteiger partial charge in [0.25, 0.3) is 0 Å². The second-order valence-electron chi connectivity index (χ2n) is 5.05. The predicted octanol–water partition coefficient (Wildman–Crippen LogP) is 2.49. The van der Waals surface area contributed by atoms with E-state index in [9.17, 15) is 0 Å². The van der Waals surface area contributed by atoms with Gasteiger partial charge in [0, 0.05) is 27.2 Å². The fourth-order valence-electron chi connectivity index (χ4n) is 2.11. The van der Waals surface area contributed by atoms with Crippen LogP contribution in [0.4, 0.5) is 0 Å². The first-order chi connectivity index (χ1) is 8.79. The molecule has 0 bridgehead atoms. The number of hydrogen-bond donors (Lipinski definition) is 1. The predicted molar refractivity (Wildman–Crippen MR) is 76.6 cm³/mol. The third-order valence-corrected chi connectivity index (χ3v) is 3.37. The van der Waals surface area contributed by atoms with Crippen LogP contribution in [-0.4, -0.2) is 31.5 Å². The molecule has 0 radical (unpaired) electrons. The topological polar surface area (TPSA) is 27.6 Å². The van der Waals surface area contributed by atoms with Gasteiger partial charge in [-0.2, -0.15) is 0 Å². The molecule has 0 atom stereocenters. The monoisotopic (exact) mass is 245 g/mol. The molecule has 0 unspecified atom stereocenters. The lowest BCUT2D eigenvalue weighted by Crippen LogP contribution is -2.38. The Labute approximate surface area is 110 Å². The largest absolute Gasteiger partial charge is 0.356 e. The molecular weight excluding hydrogens is 222 g/mol. The summed E-state index contributed by atoms with van der Waals surface area (Å²) in [6, 6.07) is 10.5. The van der Waals surface area contributed by atoms with Gasteiger partial charge < -0.3 is 10.2 Å². The minimum Gasteiger partial charge on any atom is -0.356 e. The van der Waals surface area contributed by atoms with Gasteiger partial charge in [0.1, 0.15) is 0 Å². The van der Waals surface area contributed by atoms with Crippen molar-refractivity contribution in [1.29, 1.82) is 0 Å². The fraction of sp³-hybridized carbons (Fsp3) is 0.533. The fourth-order valence-corrected chi connectivity index (χ4v) is 2.11. The maximum absolute atomic E-state index is 4.33. The Kier molecular flexibility index (Phi) is 4.62. The highest BCUT2D eigenvalue weighted by atomic mass is 15.3. The molecule has 1 aromatic rings. The van der Waals surface area contributed by atoms with E-state index in [2.05, 4.69) is 46.5 Å². The zero-order valence-electron chi connectivity index (χ0n) is 11.4. The van der Waals surface area contributed by atoms with Crippen LogP contribution in [-0.2, 0) is 6.54 Å². The molecule has 1 aromatic carbocycles. The highest BCUT2D eigenvalue weighted by Crippen LogP contribution is 2.31. The van der Waals surface area contributed by atoms with Crippen LogP contribution in [0.2, 0.25) is 0 Å². The Morgan fingerprint density at radius 1 is 1.33 bits per heavy atom. The van der Waals surface area contributed by atoms with E-state index in [4.69, 9.17) is 0 Å². The van der Waals surface area contributed by atoms with Crippen LogP contribution in [0.25, 0.3) is 0 Å². The summed E-state index contributed by atoms with van der Waals surface area (Å²) >= 11 is 0. The molecule has 0 saturated heterocycles. The second-order valence-corrected chi connectivity index (χ2v) is 5.05. The van der Waals surface area contributed by atoms with Gasteiger partial charge in [-0.1, -0.05) is 43.2 Å². The molecule has 98 valence electrons. The smallest absolute Gasteiger partial charge is 0.193 e. The van der Waals surface area contributed by atoms with E-state index in [1.54, 1.807) is 0 Å². The molecule has 2 rings (SSSR count). The lowest BCUT2D eigenvalue weighted by molar-refractivity contribution is 0.474. The Morgan fingerprint density at radius 2 is 2.06 bits per heavy atom. The third-order valence-electron chi connectivity index (χ3n) is 3.37. The zero-order valence-corrected chi connectivity index (χ0v) is 11.4. The van der Waals surface area contributed by atoms with Gasteiger partial charge in [0.05, 0.1) is 0 Å². The summed E-state index contributed by atoms with van der Waals surface area (Å²) in [6.07, 6.45) is 4.11. The van der Waals surface area contributed by atoms with Gasteiger partial charge in [-0.15, -0.1) is 0 Å². The molecule has 3 nitrogen and oxygen atoms in total. The Balaban J connectivity index is 1.79. The number of nitrogens with zero attached hydrogens (tertiary/aromatic N) is 2. The van der Waals surface area contributed by atoms with Crippen LogP contribution in [0.1, 0.15) is 24.8 Å². The van der Waals surface area contributed by atoms with E-state index >= 15 is 0 Å². The number of benzene rings is 1. The summed E-state index contributed by atoms with van der Waals surface area (Å²) in [4.78, 5) is 6.50. The first-order valence-corrected chi connectivity index (χ1v) is 6.75. The number of aliphatic imine (C=N–C) groups is 1. The van der Waals surface area contributed by atoms with Crippen molar-refractivity contribution in [2.45, 2.75) is 25.8 Å². The Bertz CT molecular complexity index is 382. The van der Waals surface area contributed by atoms with Crippen LogP contribution >= 0.6 is 0 Å². The van der Waals surface area contributed by atoms with Crippen molar-refractivity contribution >= 4 is 5.96 Å². The summed E-state index contributed by atoms with van der Waals surface area (Å²) in [5.41, 5.74) is 1.31. The second kappa shape index (κ2) is 6.43. The van der Waals surface area contributed by atoms with Gasteiger partial charge >= 0.3 is 0 Å². The first-order valence-electron chi connectivity index (χ1n) is 6.75. The molecule has 0 aliphatic heterocycles. The lowest BCUT2D eigenvalue weighted by Gasteiger charge is -2.22. The molecule has 3 heteroatoms. The van der Waals surface area contributed by atoms with Crippen molar-refractivity contribution in [3.05, 3.63) is 35.9 Å². The van der Waals surface area contributed by atoms with E-state index in [1.807, 2.05) is 13.1 Å². The summed E-state index contributed by atoms with van der Waals surface area (Å²) in [7, 11) is 3.93. The average molecular weight is 245 g/mol. The average Bonchev–Trinajstić information content (AvgIpc) is 3.20. The van der Waals surface area contributed by atoms with E-state index in [-0.39, 0.29) is 0 Å². The quantitative estimate of drug-likeness (QED) is 0.637. The van der Waals surface area contributed by atoms with E-state index in [0.717, 1.165) is 25.0 Å². The summed E-state index contributed by atoms with van der Waals surface area (Å²) in [5.74, 6) is 1.95. The Morgan fingerprint density at radius 3 is 2.67 bits per heavy atom. The van der Waals surface area contributed by atoms with Gasteiger partial charge in [-0.25, -0.2) is 0 Å². The van der Waals surface area contributed by atoms with Crippen molar-refractivity contribution in [3.63, 3.8) is 0 Å². The molecule has 1 aliphatic carbocycles. The molecule has 1 aliphatic rings. The van der Waals surface area contributed by atoms with Crippen molar-refractivity contribution in [3.8, 4) is 0 Å². The normalized spacial score (nSPS) is 15.6. The summed E-state index contributed by atoms with van der Waals surface area (Å²) < 4.78 is 0. The van der Waals surface area contributed by atoms with Gasteiger partial charge in [0.2, 0.25) is 0 Å². The van der Waals surface area contributed by atoms with E-state index in [1.165, 1.54) is 24.8 Å². The highest BCUT2D eigenvalue weighted by Gasteiger charge is 2.20. The maximum atomic E-state index is 4.33. The van der Waals surface area contributed by atoms with E-state index < -0.39 is 0 Å². The van der Waals surface area contributed by atoms with Gasteiger partial charge in [0.15, 0.2) is 5.96 Å². The minimum atomic E-state index is 0.893. The van der Waals surface area contributed by atoms with Crippen LogP contribution in [0.3, 0.4) is 0 Å². The molecule has 0 heterocycles. The summed E-state index contributed by atoms with van der Waals surface area (Å²) in [5, 5.41) is 3.44. The molecule has 18 heavy (non-hydrogen) atoms. The van der Waals surface area contributed by atoms with Gasteiger partial charge in [-0.3, -0.25) is 4.99 Å².